The summed E-state index contributed by atoms with van der Waals surface area (Å²) in [5.74, 6) is 1.44. The Morgan fingerprint density at radius 2 is 2.25 bits per heavy atom. The summed E-state index contributed by atoms with van der Waals surface area (Å²) in [6.45, 7) is 3.24. The van der Waals surface area contributed by atoms with E-state index in [1.54, 1.807) is 0 Å². The van der Waals surface area contributed by atoms with Gasteiger partial charge in [0.25, 0.3) is 0 Å². The highest BCUT2D eigenvalue weighted by Crippen LogP contribution is 2.28. The number of benzene rings is 1. The maximum atomic E-state index is 6.08. The molecule has 0 saturated heterocycles. The van der Waals surface area contributed by atoms with Crippen LogP contribution in [0.25, 0.3) is 11.0 Å². The molecule has 0 amide bonds. The Labute approximate surface area is 138 Å². The fourth-order valence-corrected chi connectivity index (χ4v) is 3.37. The van der Waals surface area contributed by atoms with E-state index in [9.17, 15) is 0 Å². The standard InChI is InChI=1S/C15H19ClIN3/c1-10(19(2)12-4-5-12)9-20-14-6-3-11(17)7-13(14)18-15(20)8-16/h3,6-7,10,12H,4-5,8-9H2,1-2H3. The van der Waals surface area contributed by atoms with Crippen LogP contribution < -0.4 is 0 Å². The second kappa shape index (κ2) is 5.81. The van der Waals surface area contributed by atoms with Crippen molar-refractivity contribution in [3.8, 4) is 0 Å². The topological polar surface area (TPSA) is 21.1 Å². The minimum atomic E-state index is 0.463. The lowest BCUT2D eigenvalue weighted by molar-refractivity contribution is 0.226. The monoisotopic (exact) mass is 403 g/mol. The molecule has 1 heterocycles. The van der Waals surface area contributed by atoms with Gasteiger partial charge in [-0.1, -0.05) is 0 Å². The molecule has 1 aliphatic rings. The molecule has 0 radical (unpaired) electrons. The van der Waals surface area contributed by atoms with Crippen molar-refractivity contribution in [2.24, 2.45) is 0 Å². The van der Waals surface area contributed by atoms with Crippen LogP contribution in [0.4, 0.5) is 0 Å². The summed E-state index contributed by atoms with van der Waals surface area (Å²) in [4.78, 5) is 7.16. The SMILES string of the molecule is CC(Cn1c(CCl)nc2cc(I)ccc21)N(C)C1CC1. The van der Waals surface area contributed by atoms with Crippen LogP contribution >= 0.6 is 34.2 Å². The molecule has 0 aliphatic heterocycles. The van der Waals surface area contributed by atoms with E-state index in [1.807, 2.05) is 0 Å². The van der Waals surface area contributed by atoms with Crippen LogP contribution in [0, 0.1) is 3.57 Å². The number of halogens is 2. The van der Waals surface area contributed by atoms with Gasteiger partial charge in [0.1, 0.15) is 5.82 Å². The number of hydrogen-bond acceptors (Lipinski definition) is 2. The molecule has 108 valence electrons. The van der Waals surface area contributed by atoms with Crippen molar-refractivity contribution < 1.29 is 0 Å². The van der Waals surface area contributed by atoms with Crippen LogP contribution in [0.5, 0.6) is 0 Å². The summed E-state index contributed by atoms with van der Waals surface area (Å²) in [6.07, 6.45) is 2.68. The average Bonchev–Trinajstić information content (AvgIpc) is 3.22. The minimum absolute atomic E-state index is 0.463. The Balaban J connectivity index is 1.92. The summed E-state index contributed by atoms with van der Waals surface area (Å²) >= 11 is 8.41. The molecular formula is C15H19ClIN3. The summed E-state index contributed by atoms with van der Waals surface area (Å²) in [7, 11) is 2.23. The third kappa shape index (κ3) is 2.83. The minimum Gasteiger partial charge on any atom is -0.325 e. The Hall–Kier alpha value is -0.330. The highest BCUT2D eigenvalue weighted by Gasteiger charge is 2.29. The molecule has 1 unspecified atom stereocenters. The van der Waals surface area contributed by atoms with E-state index in [0.29, 0.717) is 11.9 Å². The molecule has 0 N–H and O–H groups in total. The predicted octanol–water partition coefficient (Wildman–Crippen LogP) is 3.86. The van der Waals surface area contributed by atoms with Crippen LogP contribution in [0.1, 0.15) is 25.6 Å². The van der Waals surface area contributed by atoms with Gasteiger partial charge in [-0.2, -0.15) is 0 Å². The summed E-state index contributed by atoms with van der Waals surface area (Å²) < 4.78 is 3.49. The van der Waals surface area contributed by atoms with E-state index in [0.717, 1.165) is 23.9 Å². The van der Waals surface area contributed by atoms with E-state index in [2.05, 4.69) is 69.2 Å². The second-order valence-electron chi connectivity index (χ2n) is 5.65. The smallest absolute Gasteiger partial charge is 0.124 e. The molecule has 20 heavy (non-hydrogen) atoms. The molecule has 0 spiro atoms. The maximum absolute atomic E-state index is 6.08. The first kappa shape index (κ1) is 14.6. The van der Waals surface area contributed by atoms with E-state index in [-0.39, 0.29) is 0 Å². The summed E-state index contributed by atoms with van der Waals surface area (Å²) in [6, 6.07) is 7.69. The van der Waals surface area contributed by atoms with Gasteiger partial charge in [0, 0.05) is 22.2 Å². The fraction of sp³-hybridized carbons (Fsp3) is 0.533. The van der Waals surface area contributed by atoms with Gasteiger partial charge in [-0.25, -0.2) is 4.98 Å². The molecule has 0 bridgehead atoms. The predicted molar refractivity (Wildman–Crippen MR) is 92.3 cm³/mol. The summed E-state index contributed by atoms with van der Waals surface area (Å²) in [5.41, 5.74) is 2.24. The number of nitrogens with zero attached hydrogens (tertiary/aromatic N) is 3. The molecular weight excluding hydrogens is 385 g/mol. The number of aromatic nitrogens is 2. The molecule has 2 aromatic rings. The first-order valence-corrected chi connectivity index (χ1v) is 8.64. The van der Waals surface area contributed by atoms with E-state index in [1.165, 1.54) is 21.9 Å². The van der Waals surface area contributed by atoms with Crippen LogP contribution in [0.2, 0.25) is 0 Å². The Morgan fingerprint density at radius 1 is 1.50 bits per heavy atom. The molecule has 1 aromatic carbocycles. The van der Waals surface area contributed by atoms with Crippen molar-refractivity contribution in [3.63, 3.8) is 0 Å². The van der Waals surface area contributed by atoms with Crippen LogP contribution in [0.3, 0.4) is 0 Å². The highest BCUT2D eigenvalue weighted by atomic mass is 127. The van der Waals surface area contributed by atoms with Gasteiger partial charge >= 0.3 is 0 Å². The lowest BCUT2D eigenvalue weighted by atomic mass is 10.2. The fourth-order valence-electron chi connectivity index (χ4n) is 2.69. The Kier molecular flexibility index (Phi) is 4.24. The van der Waals surface area contributed by atoms with Gasteiger partial charge < -0.3 is 4.57 Å². The average molecular weight is 404 g/mol. The van der Waals surface area contributed by atoms with E-state index in [4.69, 9.17) is 11.6 Å². The molecule has 3 rings (SSSR count). The lowest BCUT2D eigenvalue weighted by Crippen LogP contribution is -2.34. The van der Waals surface area contributed by atoms with Crippen molar-refractivity contribution in [3.05, 3.63) is 27.6 Å². The Bertz CT molecular complexity index is 621. The zero-order chi connectivity index (χ0) is 14.3. The first-order valence-electron chi connectivity index (χ1n) is 7.02. The molecule has 1 fully saturated rings. The van der Waals surface area contributed by atoms with E-state index >= 15 is 0 Å². The molecule has 1 atom stereocenters. The zero-order valence-corrected chi connectivity index (χ0v) is 14.7. The van der Waals surface area contributed by atoms with Gasteiger partial charge in [0.05, 0.1) is 16.9 Å². The number of fused-ring (bicyclic) bond motifs is 1. The molecule has 3 nitrogen and oxygen atoms in total. The molecule has 1 saturated carbocycles. The van der Waals surface area contributed by atoms with Crippen molar-refractivity contribution in [2.75, 3.05) is 7.05 Å². The quantitative estimate of drug-likeness (QED) is 0.558. The summed E-state index contributed by atoms with van der Waals surface area (Å²) in [5, 5.41) is 0. The number of alkyl halides is 1. The lowest BCUT2D eigenvalue weighted by Gasteiger charge is -2.25. The zero-order valence-electron chi connectivity index (χ0n) is 11.8. The van der Waals surface area contributed by atoms with Crippen molar-refractivity contribution in [1.82, 2.24) is 14.5 Å². The number of hydrogen-bond donors (Lipinski definition) is 0. The van der Waals surface area contributed by atoms with E-state index < -0.39 is 0 Å². The van der Waals surface area contributed by atoms with Crippen molar-refractivity contribution >= 4 is 45.2 Å². The van der Waals surface area contributed by atoms with Crippen LogP contribution in [-0.2, 0) is 12.4 Å². The first-order chi connectivity index (χ1) is 9.60. The number of rotatable bonds is 5. The maximum Gasteiger partial charge on any atom is 0.124 e. The van der Waals surface area contributed by atoms with Gasteiger partial charge in [0.2, 0.25) is 0 Å². The molecule has 1 aromatic heterocycles. The number of likely N-dealkylation sites (N-methyl/N-ethyl adjacent to an activating group) is 1. The largest absolute Gasteiger partial charge is 0.325 e. The van der Waals surface area contributed by atoms with Crippen LogP contribution in [-0.4, -0.2) is 33.6 Å². The third-order valence-corrected chi connectivity index (χ3v) is 5.08. The van der Waals surface area contributed by atoms with Gasteiger partial charge in [-0.15, -0.1) is 11.6 Å². The van der Waals surface area contributed by atoms with Crippen LogP contribution in [0.15, 0.2) is 18.2 Å². The van der Waals surface area contributed by atoms with Crippen molar-refractivity contribution in [2.45, 2.75) is 44.3 Å². The van der Waals surface area contributed by atoms with Gasteiger partial charge in [-0.05, 0) is 67.6 Å². The number of imidazole rings is 1. The molecule has 1 aliphatic carbocycles. The Morgan fingerprint density at radius 3 is 2.90 bits per heavy atom. The molecule has 5 heteroatoms. The van der Waals surface area contributed by atoms with Crippen molar-refractivity contribution in [1.29, 1.82) is 0 Å². The van der Waals surface area contributed by atoms with Gasteiger partial charge in [0.15, 0.2) is 0 Å². The van der Waals surface area contributed by atoms with Gasteiger partial charge in [-0.3, -0.25) is 4.90 Å². The normalized spacial score (nSPS) is 17.1. The third-order valence-electron chi connectivity index (χ3n) is 4.17. The second-order valence-corrected chi connectivity index (χ2v) is 7.16. The highest BCUT2D eigenvalue weighted by molar-refractivity contribution is 14.1.